The van der Waals surface area contributed by atoms with Crippen LogP contribution in [0.1, 0.15) is 27.8 Å². The Morgan fingerprint density at radius 2 is 1.81 bits per heavy atom. The third kappa shape index (κ3) is 3.17. The van der Waals surface area contributed by atoms with Crippen LogP contribution in [-0.2, 0) is 0 Å². The van der Waals surface area contributed by atoms with E-state index in [0.717, 1.165) is 21.7 Å². The third-order valence-electron chi connectivity index (χ3n) is 4.75. The molecule has 0 aliphatic carbocycles. The normalized spacial score (nSPS) is 12.4. The van der Waals surface area contributed by atoms with Crippen LogP contribution >= 0.6 is 0 Å². The maximum Gasteiger partial charge on any atom is 0.287 e. The fourth-order valence-corrected chi connectivity index (χ4v) is 3.24. The number of aliphatic hydroxyl groups is 1. The van der Waals surface area contributed by atoms with E-state index in [4.69, 9.17) is 4.42 Å². The van der Waals surface area contributed by atoms with Gasteiger partial charge in [0.05, 0.1) is 6.10 Å². The van der Waals surface area contributed by atoms with Crippen molar-refractivity contribution in [2.75, 3.05) is 6.54 Å². The van der Waals surface area contributed by atoms with Crippen molar-refractivity contribution in [1.29, 1.82) is 0 Å². The van der Waals surface area contributed by atoms with Crippen molar-refractivity contribution in [2.45, 2.75) is 13.0 Å². The SMILES string of the molecule is Cc1c(C(=O)NCC(O)c2ccc(F)cc2)oc2c1ccc1ccccc12. The Bertz CT molecular complexity index is 1130. The molecule has 0 fully saturated rings. The smallest absolute Gasteiger partial charge is 0.287 e. The molecule has 2 N–H and O–H groups in total. The van der Waals surface area contributed by atoms with Gasteiger partial charge in [0.15, 0.2) is 5.76 Å². The summed E-state index contributed by atoms with van der Waals surface area (Å²) in [6.07, 6.45) is -0.930. The fraction of sp³-hybridized carbons (Fsp3) is 0.136. The highest BCUT2D eigenvalue weighted by atomic mass is 19.1. The van der Waals surface area contributed by atoms with Crippen LogP contribution in [0.2, 0.25) is 0 Å². The Balaban J connectivity index is 1.58. The molecule has 0 saturated carbocycles. The van der Waals surface area contributed by atoms with Crippen molar-refractivity contribution in [3.05, 3.63) is 83.4 Å². The summed E-state index contributed by atoms with van der Waals surface area (Å²) >= 11 is 0. The molecule has 27 heavy (non-hydrogen) atoms. The van der Waals surface area contributed by atoms with Crippen molar-refractivity contribution >= 4 is 27.6 Å². The Kier molecular flexibility index (Phi) is 4.38. The summed E-state index contributed by atoms with van der Waals surface area (Å²) in [6, 6.07) is 17.3. The lowest BCUT2D eigenvalue weighted by Crippen LogP contribution is -2.28. The first-order chi connectivity index (χ1) is 13.0. The number of fused-ring (bicyclic) bond motifs is 3. The molecule has 1 amide bonds. The molecular formula is C22H18FNO3. The van der Waals surface area contributed by atoms with Crippen molar-refractivity contribution in [3.63, 3.8) is 0 Å². The average Bonchev–Trinajstić information content (AvgIpc) is 3.03. The molecule has 4 aromatic rings. The van der Waals surface area contributed by atoms with Gasteiger partial charge in [0.1, 0.15) is 11.4 Å². The second-order valence-corrected chi connectivity index (χ2v) is 6.50. The van der Waals surface area contributed by atoms with Gasteiger partial charge >= 0.3 is 0 Å². The van der Waals surface area contributed by atoms with E-state index in [0.29, 0.717) is 11.1 Å². The van der Waals surface area contributed by atoms with Crippen molar-refractivity contribution in [3.8, 4) is 0 Å². The van der Waals surface area contributed by atoms with Gasteiger partial charge in [-0.15, -0.1) is 0 Å². The maximum atomic E-state index is 13.0. The van der Waals surface area contributed by atoms with Crippen molar-refractivity contribution in [1.82, 2.24) is 5.32 Å². The average molecular weight is 363 g/mol. The van der Waals surface area contributed by atoms with E-state index < -0.39 is 12.0 Å². The van der Waals surface area contributed by atoms with Crippen LogP contribution in [0, 0.1) is 12.7 Å². The number of aryl methyl sites for hydroxylation is 1. The van der Waals surface area contributed by atoms with E-state index in [1.54, 1.807) is 0 Å². The van der Waals surface area contributed by atoms with Gasteiger partial charge in [-0.1, -0.05) is 48.5 Å². The molecule has 1 atom stereocenters. The van der Waals surface area contributed by atoms with E-state index in [1.807, 2.05) is 43.3 Å². The largest absolute Gasteiger partial charge is 0.450 e. The zero-order chi connectivity index (χ0) is 19.0. The molecule has 0 aliphatic heterocycles. The number of halogens is 1. The molecule has 5 heteroatoms. The topological polar surface area (TPSA) is 62.5 Å². The molecule has 0 spiro atoms. The van der Waals surface area contributed by atoms with Gasteiger partial charge in [0.25, 0.3) is 5.91 Å². The number of carbonyl (C=O) groups is 1. The number of furan rings is 1. The summed E-state index contributed by atoms with van der Waals surface area (Å²) in [5, 5.41) is 15.7. The maximum absolute atomic E-state index is 13.0. The van der Waals surface area contributed by atoms with E-state index in [1.165, 1.54) is 24.3 Å². The molecule has 0 saturated heterocycles. The second kappa shape index (κ2) is 6.85. The lowest BCUT2D eigenvalue weighted by molar-refractivity contribution is 0.0890. The Hall–Kier alpha value is -3.18. The third-order valence-corrected chi connectivity index (χ3v) is 4.75. The van der Waals surface area contributed by atoms with Gasteiger partial charge in [-0.3, -0.25) is 4.79 Å². The molecule has 1 heterocycles. The minimum atomic E-state index is -0.930. The first-order valence-electron chi connectivity index (χ1n) is 8.67. The fourth-order valence-electron chi connectivity index (χ4n) is 3.24. The summed E-state index contributed by atoms with van der Waals surface area (Å²) in [7, 11) is 0. The molecule has 1 unspecified atom stereocenters. The number of aliphatic hydroxyl groups excluding tert-OH is 1. The van der Waals surface area contributed by atoms with E-state index in [-0.39, 0.29) is 18.1 Å². The Morgan fingerprint density at radius 1 is 1.07 bits per heavy atom. The number of hydrogen-bond donors (Lipinski definition) is 2. The Morgan fingerprint density at radius 3 is 2.59 bits per heavy atom. The van der Waals surface area contributed by atoms with E-state index in [2.05, 4.69) is 5.32 Å². The molecule has 0 radical (unpaired) electrons. The zero-order valence-corrected chi connectivity index (χ0v) is 14.7. The van der Waals surface area contributed by atoms with Gasteiger partial charge < -0.3 is 14.8 Å². The lowest BCUT2D eigenvalue weighted by atomic mass is 10.1. The highest BCUT2D eigenvalue weighted by Gasteiger charge is 2.20. The highest BCUT2D eigenvalue weighted by molar-refractivity contribution is 6.08. The van der Waals surface area contributed by atoms with Crippen LogP contribution in [-0.4, -0.2) is 17.6 Å². The van der Waals surface area contributed by atoms with Crippen molar-refractivity contribution < 1.29 is 18.7 Å². The molecule has 4 nitrogen and oxygen atoms in total. The van der Waals surface area contributed by atoms with Gasteiger partial charge in [0.2, 0.25) is 0 Å². The minimum Gasteiger partial charge on any atom is -0.450 e. The standard InChI is InChI=1S/C22H18FNO3/c1-13-17-11-8-14-4-2-3-5-18(14)21(17)27-20(13)22(26)24-12-19(25)15-6-9-16(23)10-7-15/h2-11,19,25H,12H2,1H3,(H,24,26). The molecule has 1 aromatic heterocycles. The number of nitrogens with one attached hydrogen (secondary N) is 1. The van der Waals surface area contributed by atoms with E-state index in [9.17, 15) is 14.3 Å². The van der Waals surface area contributed by atoms with Crippen LogP contribution in [0.5, 0.6) is 0 Å². The molecule has 0 aliphatic rings. The van der Waals surface area contributed by atoms with Crippen LogP contribution in [0.3, 0.4) is 0 Å². The quantitative estimate of drug-likeness (QED) is 0.561. The first kappa shape index (κ1) is 17.2. The number of hydrogen-bond acceptors (Lipinski definition) is 3. The van der Waals surface area contributed by atoms with Crippen LogP contribution in [0.15, 0.2) is 65.1 Å². The van der Waals surface area contributed by atoms with Crippen LogP contribution < -0.4 is 5.32 Å². The lowest BCUT2D eigenvalue weighted by Gasteiger charge is -2.11. The summed E-state index contributed by atoms with van der Waals surface area (Å²) in [4.78, 5) is 12.6. The molecule has 4 rings (SSSR count). The molecule has 3 aromatic carbocycles. The molecular weight excluding hydrogens is 345 g/mol. The van der Waals surface area contributed by atoms with Crippen LogP contribution in [0.25, 0.3) is 21.7 Å². The van der Waals surface area contributed by atoms with Crippen LogP contribution in [0.4, 0.5) is 4.39 Å². The summed E-state index contributed by atoms with van der Waals surface area (Å²) in [6.45, 7) is 1.84. The zero-order valence-electron chi connectivity index (χ0n) is 14.7. The number of amides is 1. The van der Waals surface area contributed by atoms with Crippen molar-refractivity contribution in [2.24, 2.45) is 0 Å². The first-order valence-corrected chi connectivity index (χ1v) is 8.67. The highest BCUT2D eigenvalue weighted by Crippen LogP contribution is 2.31. The van der Waals surface area contributed by atoms with Gasteiger partial charge in [-0.2, -0.15) is 0 Å². The minimum absolute atomic E-state index is 0.00169. The number of rotatable bonds is 4. The summed E-state index contributed by atoms with van der Waals surface area (Å²) < 4.78 is 18.9. The summed E-state index contributed by atoms with van der Waals surface area (Å²) in [5.74, 6) is -0.540. The predicted octanol–water partition coefficient (Wildman–Crippen LogP) is 4.50. The predicted molar refractivity (Wildman–Crippen MR) is 102 cm³/mol. The van der Waals surface area contributed by atoms with E-state index >= 15 is 0 Å². The molecule has 136 valence electrons. The van der Waals surface area contributed by atoms with Gasteiger partial charge in [-0.25, -0.2) is 4.39 Å². The second-order valence-electron chi connectivity index (χ2n) is 6.50. The number of carbonyl (C=O) groups excluding carboxylic acids is 1. The Labute approximate surface area is 155 Å². The summed E-state index contributed by atoms with van der Waals surface area (Å²) in [5.41, 5.74) is 1.96. The number of benzene rings is 3. The van der Waals surface area contributed by atoms with Gasteiger partial charge in [-0.05, 0) is 30.0 Å². The van der Waals surface area contributed by atoms with Gasteiger partial charge in [0, 0.05) is 22.9 Å². The monoisotopic (exact) mass is 363 g/mol. The molecule has 0 bridgehead atoms.